The quantitative estimate of drug-likeness (QED) is 0.573. The summed E-state index contributed by atoms with van der Waals surface area (Å²) in [5.41, 5.74) is 0.972. The number of hydrogen-bond acceptors (Lipinski definition) is 2. The molecule has 2 heteroatoms. The Morgan fingerprint density at radius 1 is 1.38 bits per heavy atom. The van der Waals surface area contributed by atoms with Crippen LogP contribution in [0.4, 0.5) is 0 Å². The summed E-state index contributed by atoms with van der Waals surface area (Å²) in [7, 11) is 1.40. The highest BCUT2D eigenvalue weighted by atomic mass is 16.5. The molecule has 1 atom stereocenters. The van der Waals surface area contributed by atoms with E-state index in [1.165, 1.54) is 7.11 Å². The zero-order chi connectivity index (χ0) is 12.4. The number of methoxy groups -OCH3 is 1. The number of esters is 1. The maximum Gasteiger partial charge on any atom is 0.313 e. The minimum absolute atomic E-state index is 0.212. The largest absolute Gasteiger partial charge is 0.469 e. The molecule has 1 aromatic rings. The van der Waals surface area contributed by atoms with Gasteiger partial charge in [0.05, 0.1) is 13.0 Å². The van der Waals surface area contributed by atoms with Gasteiger partial charge in [-0.3, -0.25) is 4.79 Å². The lowest BCUT2D eigenvalue weighted by Crippen LogP contribution is -2.13. The molecule has 0 spiro atoms. The lowest BCUT2D eigenvalue weighted by atomic mass is 9.96. The molecule has 0 radical (unpaired) electrons. The van der Waals surface area contributed by atoms with Gasteiger partial charge in [0.15, 0.2) is 0 Å². The van der Waals surface area contributed by atoms with Crippen molar-refractivity contribution in [2.24, 2.45) is 0 Å². The van der Waals surface area contributed by atoms with Crippen molar-refractivity contribution in [3.05, 3.63) is 48.6 Å². The second-order valence-corrected chi connectivity index (χ2v) is 3.01. The Hall–Kier alpha value is -1.57. The molecule has 88 valence electrons. The molecule has 1 unspecified atom stereocenters. The van der Waals surface area contributed by atoms with Crippen LogP contribution in [0.2, 0.25) is 0 Å². The third-order valence-electron chi connectivity index (χ3n) is 2.09. The second-order valence-electron chi connectivity index (χ2n) is 3.01. The number of benzene rings is 1. The van der Waals surface area contributed by atoms with Crippen LogP contribution in [0, 0.1) is 0 Å². The Morgan fingerprint density at radius 3 is 2.38 bits per heavy atom. The minimum atomic E-state index is -0.223. The predicted octanol–water partition coefficient (Wildman–Crippen LogP) is 3.55. The Labute approximate surface area is 97.9 Å². The molecule has 0 bridgehead atoms. The SMILES string of the molecule is C=CCC(C(=O)OC)c1ccccc1.CC. The number of hydrogen-bond donors (Lipinski definition) is 0. The van der Waals surface area contributed by atoms with Gasteiger partial charge in [0.1, 0.15) is 0 Å². The van der Waals surface area contributed by atoms with Crippen molar-refractivity contribution < 1.29 is 9.53 Å². The lowest BCUT2D eigenvalue weighted by Gasteiger charge is -2.12. The third kappa shape index (κ3) is 4.30. The molecule has 0 saturated carbocycles. The molecule has 0 aliphatic rings. The first kappa shape index (κ1) is 14.4. The molecule has 0 amide bonds. The van der Waals surface area contributed by atoms with E-state index in [4.69, 9.17) is 4.74 Å². The van der Waals surface area contributed by atoms with Crippen molar-refractivity contribution in [3.8, 4) is 0 Å². The van der Waals surface area contributed by atoms with Gasteiger partial charge in [-0.1, -0.05) is 50.3 Å². The Kier molecular flexibility index (Phi) is 7.86. The van der Waals surface area contributed by atoms with E-state index in [1.807, 2.05) is 44.2 Å². The summed E-state index contributed by atoms with van der Waals surface area (Å²) in [6.45, 7) is 7.63. The van der Waals surface area contributed by atoms with E-state index in [2.05, 4.69) is 6.58 Å². The third-order valence-corrected chi connectivity index (χ3v) is 2.09. The fourth-order valence-corrected chi connectivity index (χ4v) is 1.36. The summed E-state index contributed by atoms with van der Waals surface area (Å²) in [5.74, 6) is -0.435. The number of ether oxygens (including phenoxy) is 1. The van der Waals surface area contributed by atoms with Crippen molar-refractivity contribution in [3.63, 3.8) is 0 Å². The summed E-state index contributed by atoms with van der Waals surface area (Å²) in [5, 5.41) is 0. The molecule has 0 N–H and O–H groups in total. The highest BCUT2D eigenvalue weighted by Gasteiger charge is 2.18. The molecule has 0 aliphatic heterocycles. The van der Waals surface area contributed by atoms with Crippen LogP contribution in [0.25, 0.3) is 0 Å². The highest BCUT2D eigenvalue weighted by Crippen LogP contribution is 2.20. The number of allylic oxidation sites excluding steroid dienone is 1. The highest BCUT2D eigenvalue weighted by molar-refractivity contribution is 5.78. The van der Waals surface area contributed by atoms with E-state index in [1.54, 1.807) is 6.08 Å². The van der Waals surface area contributed by atoms with E-state index in [-0.39, 0.29) is 11.9 Å². The van der Waals surface area contributed by atoms with Crippen molar-refractivity contribution in [1.82, 2.24) is 0 Å². The van der Waals surface area contributed by atoms with Crippen molar-refractivity contribution >= 4 is 5.97 Å². The molecule has 0 fully saturated rings. The first-order valence-corrected chi connectivity index (χ1v) is 5.53. The van der Waals surface area contributed by atoms with E-state index in [0.29, 0.717) is 6.42 Å². The maximum absolute atomic E-state index is 11.4. The minimum Gasteiger partial charge on any atom is -0.469 e. The molecule has 1 aromatic carbocycles. The monoisotopic (exact) mass is 220 g/mol. The van der Waals surface area contributed by atoms with Gasteiger partial charge in [-0.15, -0.1) is 6.58 Å². The average molecular weight is 220 g/mol. The van der Waals surface area contributed by atoms with Crippen LogP contribution in [0.1, 0.15) is 31.7 Å². The summed E-state index contributed by atoms with van der Waals surface area (Å²) in [6, 6.07) is 9.59. The van der Waals surface area contributed by atoms with Gasteiger partial charge >= 0.3 is 5.97 Å². The van der Waals surface area contributed by atoms with E-state index >= 15 is 0 Å². The van der Waals surface area contributed by atoms with Gasteiger partial charge in [-0.25, -0.2) is 0 Å². The average Bonchev–Trinajstić information content (AvgIpc) is 2.38. The van der Waals surface area contributed by atoms with E-state index < -0.39 is 0 Å². The van der Waals surface area contributed by atoms with E-state index in [0.717, 1.165) is 5.56 Å². The van der Waals surface area contributed by atoms with Crippen LogP contribution in [0.15, 0.2) is 43.0 Å². The molecule has 0 aromatic heterocycles. The molecule has 1 rings (SSSR count). The molecular weight excluding hydrogens is 200 g/mol. The Morgan fingerprint density at radius 2 is 1.94 bits per heavy atom. The van der Waals surface area contributed by atoms with Crippen LogP contribution in [0.3, 0.4) is 0 Å². The molecule has 16 heavy (non-hydrogen) atoms. The Balaban J connectivity index is 0.00000106. The predicted molar refractivity (Wildman–Crippen MR) is 67.4 cm³/mol. The van der Waals surface area contributed by atoms with Gasteiger partial charge in [-0.2, -0.15) is 0 Å². The Bertz CT molecular complexity index is 304. The molecule has 2 nitrogen and oxygen atoms in total. The van der Waals surface area contributed by atoms with E-state index in [9.17, 15) is 4.79 Å². The fourth-order valence-electron chi connectivity index (χ4n) is 1.36. The molecule has 0 aliphatic carbocycles. The second kappa shape index (κ2) is 8.72. The van der Waals surface area contributed by atoms with Crippen LogP contribution in [0.5, 0.6) is 0 Å². The smallest absolute Gasteiger partial charge is 0.313 e. The topological polar surface area (TPSA) is 26.3 Å². The summed E-state index contributed by atoms with van der Waals surface area (Å²) in [6.07, 6.45) is 2.34. The zero-order valence-electron chi connectivity index (χ0n) is 10.3. The number of rotatable bonds is 4. The molecular formula is C14H20O2. The lowest BCUT2D eigenvalue weighted by molar-refractivity contribution is -0.142. The van der Waals surface area contributed by atoms with Crippen molar-refractivity contribution in [2.45, 2.75) is 26.2 Å². The van der Waals surface area contributed by atoms with Gasteiger partial charge in [0, 0.05) is 0 Å². The van der Waals surface area contributed by atoms with Crippen LogP contribution < -0.4 is 0 Å². The van der Waals surface area contributed by atoms with Gasteiger partial charge in [-0.05, 0) is 12.0 Å². The molecule has 0 saturated heterocycles. The van der Waals surface area contributed by atoms with Crippen LogP contribution >= 0.6 is 0 Å². The number of carbonyl (C=O) groups excluding carboxylic acids is 1. The summed E-state index contributed by atoms with van der Waals surface area (Å²) >= 11 is 0. The van der Waals surface area contributed by atoms with Crippen LogP contribution in [-0.4, -0.2) is 13.1 Å². The number of carbonyl (C=O) groups is 1. The summed E-state index contributed by atoms with van der Waals surface area (Å²) in [4.78, 5) is 11.4. The first-order chi connectivity index (χ1) is 7.79. The van der Waals surface area contributed by atoms with Crippen molar-refractivity contribution in [2.75, 3.05) is 7.11 Å². The maximum atomic E-state index is 11.4. The van der Waals surface area contributed by atoms with Crippen molar-refractivity contribution in [1.29, 1.82) is 0 Å². The normalized spacial score (nSPS) is 10.7. The van der Waals surface area contributed by atoms with Gasteiger partial charge in [0.25, 0.3) is 0 Å². The standard InChI is InChI=1S/C12H14O2.C2H6/c1-3-7-11(12(13)14-2)10-8-5-4-6-9-10;1-2/h3-6,8-9,11H,1,7H2,2H3;1-2H3. The first-order valence-electron chi connectivity index (χ1n) is 5.53. The van der Waals surface area contributed by atoms with Crippen LogP contribution in [-0.2, 0) is 9.53 Å². The van der Waals surface area contributed by atoms with Gasteiger partial charge in [0.2, 0.25) is 0 Å². The van der Waals surface area contributed by atoms with Gasteiger partial charge < -0.3 is 4.74 Å². The summed E-state index contributed by atoms with van der Waals surface area (Å²) < 4.78 is 4.73. The molecule has 0 heterocycles. The zero-order valence-corrected chi connectivity index (χ0v) is 10.3. The fraction of sp³-hybridized carbons (Fsp3) is 0.357.